The molecule has 0 aliphatic carbocycles. The van der Waals surface area contributed by atoms with Crippen molar-refractivity contribution >= 4 is 28.2 Å². The van der Waals surface area contributed by atoms with E-state index in [1.807, 2.05) is 0 Å². The zero-order chi connectivity index (χ0) is 12.6. The third kappa shape index (κ3) is 2.34. The second kappa shape index (κ2) is 4.49. The molecule has 4 heteroatoms. The highest BCUT2D eigenvalue weighted by Crippen LogP contribution is 2.28. The van der Waals surface area contributed by atoms with Crippen LogP contribution >= 0.6 is 11.6 Å². The van der Waals surface area contributed by atoms with Gasteiger partial charge in [0.05, 0.1) is 5.02 Å². The summed E-state index contributed by atoms with van der Waals surface area (Å²) in [7, 11) is 0. The molecule has 0 unspecified atom stereocenters. The van der Waals surface area contributed by atoms with E-state index in [1.54, 1.807) is 12.1 Å². The number of rotatable bonds is 2. The first kappa shape index (κ1) is 12.1. The van der Waals surface area contributed by atoms with E-state index in [0.29, 0.717) is 17.0 Å². The summed E-state index contributed by atoms with van der Waals surface area (Å²) in [4.78, 5) is 4.30. The maximum atomic E-state index is 13.8. The molecule has 0 saturated heterocycles. The van der Waals surface area contributed by atoms with Gasteiger partial charge in [0.25, 0.3) is 0 Å². The summed E-state index contributed by atoms with van der Waals surface area (Å²) in [5.74, 6) is -0.0527. The summed E-state index contributed by atoms with van der Waals surface area (Å²) in [5.41, 5.74) is 7.50. The first-order valence-corrected chi connectivity index (χ1v) is 5.90. The Bertz CT molecular complexity index is 567. The van der Waals surface area contributed by atoms with Crippen molar-refractivity contribution in [1.29, 1.82) is 0 Å². The van der Waals surface area contributed by atoms with Gasteiger partial charge in [-0.15, -0.1) is 0 Å². The highest BCUT2D eigenvalue weighted by Gasteiger charge is 2.11. The molecule has 90 valence electrons. The topological polar surface area (TPSA) is 38.9 Å². The number of hydrogen-bond donors (Lipinski definition) is 1. The van der Waals surface area contributed by atoms with Crippen LogP contribution in [0.3, 0.4) is 0 Å². The van der Waals surface area contributed by atoms with Crippen LogP contribution in [0.25, 0.3) is 10.9 Å². The summed E-state index contributed by atoms with van der Waals surface area (Å²) in [6, 6.07) is 5.00. The minimum absolute atomic E-state index is 0.0751. The maximum absolute atomic E-state index is 13.8. The standard InChI is InChI=1S/C13H14ClFN2/c1-7(2)5-8-6-11(16)9-3-4-10(14)12(15)13(9)17-8/h3-4,6-7H,5H2,1-2H3,(H2,16,17). The summed E-state index contributed by atoms with van der Waals surface area (Å²) in [6.45, 7) is 4.16. The molecule has 0 aliphatic heterocycles. The van der Waals surface area contributed by atoms with Gasteiger partial charge in [0.2, 0.25) is 0 Å². The van der Waals surface area contributed by atoms with Gasteiger partial charge in [-0.2, -0.15) is 0 Å². The van der Waals surface area contributed by atoms with Crippen LogP contribution in [0.5, 0.6) is 0 Å². The molecule has 2 nitrogen and oxygen atoms in total. The van der Waals surface area contributed by atoms with Crippen LogP contribution in [0.4, 0.5) is 10.1 Å². The quantitative estimate of drug-likeness (QED) is 0.883. The number of benzene rings is 1. The maximum Gasteiger partial charge on any atom is 0.168 e. The van der Waals surface area contributed by atoms with E-state index in [-0.39, 0.29) is 10.5 Å². The van der Waals surface area contributed by atoms with E-state index in [2.05, 4.69) is 18.8 Å². The summed E-state index contributed by atoms with van der Waals surface area (Å²) in [5, 5.41) is 0.686. The first-order chi connectivity index (χ1) is 7.99. The lowest BCUT2D eigenvalue weighted by Gasteiger charge is -2.09. The van der Waals surface area contributed by atoms with E-state index >= 15 is 0 Å². The van der Waals surface area contributed by atoms with E-state index in [4.69, 9.17) is 17.3 Å². The fourth-order valence-electron chi connectivity index (χ4n) is 1.84. The normalized spacial score (nSPS) is 11.4. The van der Waals surface area contributed by atoms with E-state index < -0.39 is 5.82 Å². The molecule has 0 aliphatic rings. The van der Waals surface area contributed by atoms with Crippen LogP contribution in [0.1, 0.15) is 19.5 Å². The van der Waals surface area contributed by atoms with Crippen molar-refractivity contribution in [3.8, 4) is 0 Å². The summed E-state index contributed by atoms with van der Waals surface area (Å²) in [6.07, 6.45) is 0.770. The Labute approximate surface area is 105 Å². The van der Waals surface area contributed by atoms with Gasteiger partial charge in [-0.1, -0.05) is 25.4 Å². The van der Waals surface area contributed by atoms with Crippen LogP contribution in [0.2, 0.25) is 5.02 Å². The highest BCUT2D eigenvalue weighted by atomic mass is 35.5. The first-order valence-electron chi connectivity index (χ1n) is 5.52. The number of nitrogen functional groups attached to an aromatic ring is 1. The zero-order valence-electron chi connectivity index (χ0n) is 9.80. The molecular formula is C13H14ClFN2. The predicted molar refractivity (Wildman–Crippen MR) is 69.7 cm³/mol. The lowest BCUT2D eigenvalue weighted by Crippen LogP contribution is -2.01. The molecule has 1 heterocycles. The number of hydrogen-bond acceptors (Lipinski definition) is 2. The molecule has 0 amide bonds. The second-order valence-corrected chi connectivity index (χ2v) is 4.97. The Hall–Kier alpha value is -1.35. The van der Waals surface area contributed by atoms with Gasteiger partial charge in [-0.3, -0.25) is 0 Å². The van der Waals surface area contributed by atoms with Crippen molar-refractivity contribution in [2.24, 2.45) is 5.92 Å². The van der Waals surface area contributed by atoms with Gasteiger partial charge < -0.3 is 5.73 Å². The van der Waals surface area contributed by atoms with Crippen LogP contribution in [0, 0.1) is 11.7 Å². The number of aromatic nitrogens is 1. The lowest BCUT2D eigenvalue weighted by atomic mass is 10.1. The third-order valence-electron chi connectivity index (χ3n) is 2.57. The van der Waals surface area contributed by atoms with Gasteiger partial charge in [0.1, 0.15) is 5.52 Å². The van der Waals surface area contributed by atoms with E-state index in [9.17, 15) is 4.39 Å². The molecule has 0 fully saturated rings. The minimum Gasteiger partial charge on any atom is -0.398 e. The summed E-state index contributed by atoms with van der Waals surface area (Å²) >= 11 is 5.74. The van der Waals surface area contributed by atoms with Crippen molar-refractivity contribution in [2.75, 3.05) is 5.73 Å². The Balaban J connectivity index is 2.66. The van der Waals surface area contributed by atoms with Crippen molar-refractivity contribution in [1.82, 2.24) is 4.98 Å². The number of fused-ring (bicyclic) bond motifs is 1. The second-order valence-electron chi connectivity index (χ2n) is 4.56. The van der Waals surface area contributed by atoms with Crippen molar-refractivity contribution in [3.05, 3.63) is 34.7 Å². The van der Waals surface area contributed by atoms with Crippen LogP contribution in [-0.2, 0) is 6.42 Å². The molecule has 1 aromatic carbocycles. The molecular weight excluding hydrogens is 239 g/mol. The molecule has 0 saturated carbocycles. The number of pyridine rings is 1. The average molecular weight is 253 g/mol. The number of anilines is 1. The monoisotopic (exact) mass is 252 g/mol. The smallest absolute Gasteiger partial charge is 0.168 e. The molecule has 0 bridgehead atoms. The van der Waals surface area contributed by atoms with Crippen LogP contribution in [-0.4, -0.2) is 4.98 Å². The van der Waals surface area contributed by atoms with Gasteiger partial charge in [-0.05, 0) is 30.5 Å². The molecule has 1 aromatic heterocycles. The van der Waals surface area contributed by atoms with Crippen molar-refractivity contribution in [2.45, 2.75) is 20.3 Å². The Morgan fingerprint density at radius 1 is 1.41 bits per heavy atom. The Morgan fingerprint density at radius 2 is 2.12 bits per heavy atom. The van der Waals surface area contributed by atoms with E-state index in [0.717, 1.165) is 12.1 Å². The fourth-order valence-corrected chi connectivity index (χ4v) is 1.99. The number of nitrogens with two attached hydrogens (primary N) is 1. The molecule has 0 atom stereocenters. The molecule has 17 heavy (non-hydrogen) atoms. The highest BCUT2D eigenvalue weighted by molar-refractivity contribution is 6.31. The van der Waals surface area contributed by atoms with Crippen LogP contribution < -0.4 is 5.73 Å². The van der Waals surface area contributed by atoms with Crippen LogP contribution in [0.15, 0.2) is 18.2 Å². The Morgan fingerprint density at radius 3 is 2.76 bits per heavy atom. The molecule has 2 aromatic rings. The molecule has 0 radical (unpaired) electrons. The third-order valence-corrected chi connectivity index (χ3v) is 2.87. The van der Waals surface area contributed by atoms with Gasteiger partial charge >= 0.3 is 0 Å². The van der Waals surface area contributed by atoms with Gasteiger partial charge in [0, 0.05) is 16.8 Å². The predicted octanol–water partition coefficient (Wildman–Crippen LogP) is 3.81. The van der Waals surface area contributed by atoms with Gasteiger partial charge in [-0.25, -0.2) is 9.37 Å². The van der Waals surface area contributed by atoms with E-state index in [1.165, 1.54) is 6.07 Å². The van der Waals surface area contributed by atoms with Gasteiger partial charge in [0.15, 0.2) is 5.82 Å². The van der Waals surface area contributed by atoms with Crippen molar-refractivity contribution < 1.29 is 4.39 Å². The average Bonchev–Trinajstić information content (AvgIpc) is 2.23. The number of halogens is 2. The largest absolute Gasteiger partial charge is 0.398 e. The minimum atomic E-state index is -0.499. The lowest BCUT2D eigenvalue weighted by molar-refractivity contribution is 0.626. The zero-order valence-corrected chi connectivity index (χ0v) is 10.6. The number of nitrogens with zero attached hydrogens (tertiary/aromatic N) is 1. The molecule has 2 N–H and O–H groups in total. The SMILES string of the molecule is CC(C)Cc1cc(N)c2ccc(Cl)c(F)c2n1. The molecule has 2 rings (SSSR count). The Kier molecular flexibility index (Phi) is 3.20. The fraction of sp³-hybridized carbons (Fsp3) is 0.308. The van der Waals surface area contributed by atoms with Crippen molar-refractivity contribution in [3.63, 3.8) is 0 Å². The molecule has 0 spiro atoms. The summed E-state index contributed by atoms with van der Waals surface area (Å²) < 4.78 is 13.8.